The Bertz CT molecular complexity index is 617. The Morgan fingerprint density at radius 3 is 2.76 bits per heavy atom. The molecule has 0 fully saturated rings. The van der Waals surface area contributed by atoms with Gasteiger partial charge in [-0.1, -0.05) is 30.3 Å². The molecule has 0 N–H and O–H groups in total. The molecule has 2 heterocycles. The Hall–Kier alpha value is -2.10. The minimum absolute atomic E-state index is 0.135. The van der Waals surface area contributed by atoms with Gasteiger partial charge >= 0.3 is 11.5 Å². The molecule has 17 heavy (non-hydrogen) atoms. The summed E-state index contributed by atoms with van der Waals surface area (Å²) < 4.78 is 6.75. The van der Waals surface area contributed by atoms with E-state index in [-0.39, 0.29) is 11.4 Å². The summed E-state index contributed by atoms with van der Waals surface area (Å²) in [7, 11) is 0. The molecule has 1 aliphatic heterocycles. The lowest BCUT2D eigenvalue weighted by Crippen LogP contribution is -2.39. The maximum atomic E-state index is 12.2. The van der Waals surface area contributed by atoms with Crippen molar-refractivity contribution in [1.29, 1.82) is 0 Å². The number of hydrogen-bond donors (Lipinski definition) is 0. The van der Waals surface area contributed by atoms with Crippen LogP contribution in [0.5, 0.6) is 5.88 Å². The van der Waals surface area contributed by atoms with Crippen LogP contribution in [0.25, 0.3) is 11.1 Å². The first-order valence-electron chi connectivity index (χ1n) is 5.59. The monoisotopic (exact) mass is 229 g/mol. The summed E-state index contributed by atoms with van der Waals surface area (Å²) in [6, 6.07) is 8.93. The lowest BCUT2D eigenvalue weighted by atomic mass is 10.1. The quantitative estimate of drug-likeness (QED) is 0.673. The molecule has 0 atom stereocenters. The van der Waals surface area contributed by atoms with Crippen LogP contribution in [0, 0.1) is 0 Å². The molecule has 1 aromatic heterocycles. The zero-order chi connectivity index (χ0) is 11.8. The van der Waals surface area contributed by atoms with Crippen LogP contribution in [0.15, 0.2) is 39.5 Å². The fraction of sp³-hybridized carbons (Fsp3) is 0.231. The highest BCUT2D eigenvalue weighted by Gasteiger charge is 2.26. The second-order valence-corrected chi connectivity index (χ2v) is 4.08. The summed E-state index contributed by atoms with van der Waals surface area (Å²) in [6.07, 6.45) is 1.52. The third-order valence-corrected chi connectivity index (χ3v) is 3.01. The second kappa shape index (κ2) is 3.73. The largest absolute Gasteiger partial charge is 0.822 e. The highest BCUT2D eigenvalue weighted by atomic mass is 16.4. The molecular formula is C13H11NO3. The van der Waals surface area contributed by atoms with Gasteiger partial charge < -0.3 is 9.52 Å². The van der Waals surface area contributed by atoms with E-state index < -0.39 is 5.63 Å². The average Bonchev–Trinajstić information content (AvgIpc) is 2.78. The molecule has 86 valence electrons. The van der Waals surface area contributed by atoms with Crippen molar-refractivity contribution >= 4 is 0 Å². The molecular weight excluding hydrogens is 218 g/mol. The SMILES string of the molecule is O=c1oc2[n+](c([O-])c1-c1ccccc1)CCC2. The van der Waals surface area contributed by atoms with Gasteiger partial charge in [0.25, 0.3) is 0 Å². The molecule has 0 saturated heterocycles. The Morgan fingerprint density at radius 1 is 1.24 bits per heavy atom. The summed E-state index contributed by atoms with van der Waals surface area (Å²) >= 11 is 0. The molecule has 0 radical (unpaired) electrons. The number of nitrogens with zero attached hydrogens (tertiary/aromatic N) is 1. The summed E-state index contributed by atoms with van der Waals surface area (Å²) in [6.45, 7) is 0.637. The van der Waals surface area contributed by atoms with Gasteiger partial charge in [-0.15, -0.1) is 0 Å². The van der Waals surface area contributed by atoms with Gasteiger partial charge in [0, 0.05) is 6.42 Å². The minimum atomic E-state index is -0.533. The standard InChI is InChI=1S/C13H11NO3/c15-12-11(9-5-2-1-3-6-9)13(16)17-10-7-4-8-14(10)12/h1-3,5-6H,4,7-8H2. The number of fused-ring (bicyclic) bond motifs is 1. The van der Waals surface area contributed by atoms with E-state index in [1.165, 1.54) is 0 Å². The third-order valence-electron chi connectivity index (χ3n) is 3.01. The number of aryl methyl sites for hydroxylation is 1. The third kappa shape index (κ3) is 1.53. The summed E-state index contributed by atoms with van der Waals surface area (Å²) in [5.41, 5.74) is 0.221. The molecule has 0 aliphatic carbocycles. The van der Waals surface area contributed by atoms with Gasteiger partial charge in [0.15, 0.2) is 12.4 Å². The lowest BCUT2D eigenvalue weighted by molar-refractivity contribution is -0.738. The molecule has 3 rings (SSSR count). The van der Waals surface area contributed by atoms with Crippen molar-refractivity contribution in [3.8, 4) is 17.0 Å². The lowest BCUT2D eigenvalue weighted by Gasteiger charge is -2.09. The predicted molar refractivity (Wildman–Crippen MR) is 58.4 cm³/mol. The van der Waals surface area contributed by atoms with Crippen molar-refractivity contribution < 1.29 is 14.1 Å². The first-order valence-corrected chi connectivity index (χ1v) is 5.59. The minimum Gasteiger partial charge on any atom is -0.822 e. The average molecular weight is 229 g/mol. The fourth-order valence-electron chi connectivity index (χ4n) is 2.20. The van der Waals surface area contributed by atoms with Crippen LogP contribution in [0.3, 0.4) is 0 Å². The summed E-state index contributed by atoms with van der Waals surface area (Å²) in [5, 5.41) is 12.2. The number of aromatic nitrogens is 1. The molecule has 1 aromatic carbocycles. The van der Waals surface area contributed by atoms with Crippen molar-refractivity contribution in [2.75, 3.05) is 0 Å². The van der Waals surface area contributed by atoms with E-state index in [4.69, 9.17) is 4.42 Å². The van der Waals surface area contributed by atoms with Crippen LogP contribution in [-0.2, 0) is 13.0 Å². The van der Waals surface area contributed by atoms with E-state index >= 15 is 0 Å². The maximum Gasteiger partial charge on any atom is 0.353 e. The zero-order valence-electron chi connectivity index (χ0n) is 9.18. The van der Waals surface area contributed by atoms with Gasteiger partial charge in [-0.25, -0.2) is 4.79 Å². The van der Waals surface area contributed by atoms with Crippen LogP contribution in [0.1, 0.15) is 12.3 Å². The van der Waals surface area contributed by atoms with Gasteiger partial charge in [-0.2, -0.15) is 4.57 Å². The molecule has 0 saturated carbocycles. The van der Waals surface area contributed by atoms with Crippen LogP contribution < -0.4 is 15.3 Å². The molecule has 4 nitrogen and oxygen atoms in total. The predicted octanol–water partition coefficient (Wildman–Crippen LogP) is 0.614. The molecule has 2 aromatic rings. The van der Waals surface area contributed by atoms with Crippen molar-refractivity contribution in [1.82, 2.24) is 0 Å². The van der Waals surface area contributed by atoms with Crippen LogP contribution in [-0.4, -0.2) is 0 Å². The molecule has 0 unspecified atom stereocenters. The Balaban J connectivity index is 2.28. The van der Waals surface area contributed by atoms with Crippen LogP contribution >= 0.6 is 0 Å². The Kier molecular flexibility index (Phi) is 2.21. The highest BCUT2D eigenvalue weighted by molar-refractivity contribution is 5.65. The van der Waals surface area contributed by atoms with E-state index in [0.717, 1.165) is 6.42 Å². The first-order chi connectivity index (χ1) is 8.27. The van der Waals surface area contributed by atoms with Gasteiger partial charge in [0.1, 0.15) is 5.56 Å². The van der Waals surface area contributed by atoms with E-state index in [1.54, 1.807) is 28.8 Å². The molecule has 4 heteroatoms. The number of rotatable bonds is 1. The van der Waals surface area contributed by atoms with Crippen molar-refractivity contribution in [3.63, 3.8) is 0 Å². The molecule has 0 amide bonds. The maximum absolute atomic E-state index is 12.2. The number of hydrogen-bond acceptors (Lipinski definition) is 3. The van der Waals surface area contributed by atoms with Gasteiger partial charge in [0.05, 0.1) is 6.42 Å². The van der Waals surface area contributed by atoms with Crippen molar-refractivity contribution in [2.24, 2.45) is 0 Å². The van der Waals surface area contributed by atoms with Gasteiger partial charge in [0.2, 0.25) is 0 Å². The van der Waals surface area contributed by atoms with Crippen molar-refractivity contribution in [2.45, 2.75) is 19.4 Å². The number of benzene rings is 1. The second-order valence-electron chi connectivity index (χ2n) is 4.08. The van der Waals surface area contributed by atoms with Crippen LogP contribution in [0.4, 0.5) is 0 Å². The normalized spacial score (nSPS) is 13.6. The zero-order valence-corrected chi connectivity index (χ0v) is 9.18. The summed E-state index contributed by atoms with van der Waals surface area (Å²) in [4.78, 5) is 11.8. The fourth-order valence-corrected chi connectivity index (χ4v) is 2.20. The van der Waals surface area contributed by atoms with E-state index in [1.807, 2.05) is 6.07 Å². The highest BCUT2D eigenvalue weighted by Crippen LogP contribution is 2.22. The van der Waals surface area contributed by atoms with E-state index in [9.17, 15) is 9.90 Å². The Labute approximate surface area is 97.8 Å². The van der Waals surface area contributed by atoms with Gasteiger partial charge in [-0.3, -0.25) is 0 Å². The molecule has 1 aliphatic rings. The van der Waals surface area contributed by atoms with E-state index in [0.29, 0.717) is 24.4 Å². The molecule has 0 spiro atoms. The smallest absolute Gasteiger partial charge is 0.353 e. The Morgan fingerprint density at radius 2 is 2.00 bits per heavy atom. The topological polar surface area (TPSA) is 57.2 Å². The molecule has 0 bridgehead atoms. The van der Waals surface area contributed by atoms with E-state index in [2.05, 4.69) is 0 Å². The first kappa shape index (κ1) is 10.1. The van der Waals surface area contributed by atoms with Gasteiger partial charge in [-0.05, 0) is 5.56 Å². The van der Waals surface area contributed by atoms with Crippen LogP contribution in [0.2, 0.25) is 0 Å². The van der Waals surface area contributed by atoms with Crippen molar-refractivity contribution in [3.05, 3.63) is 46.6 Å². The summed E-state index contributed by atoms with van der Waals surface area (Å²) in [5.74, 6) is 0.264.